The maximum absolute atomic E-state index is 12.7. The summed E-state index contributed by atoms with van der Waals surface area (Å²) >= 11 is 0. The van der Waals surface area contributed by atoms with E-state index in [1.165, 1.54) is 54.7 Å². The topological polar surface area (TPSA) is 65.8 Å². The fraction of sp³-hybridized carbons (Fsp3) is 0.0870. The van der Waals surface area contributed by atoms with Crippen molar-refractivity contribution < 1.29 is 31.1 Å². The zero-order valence-electron chi connectivity index (χ0n) is 17.2. The number of hydrogen-bond acceptors (Lipinski definition) is 4. The van der Waals surface area contributed by atoms with Gasteiger partial charge in [-0.15, -0.1) is 0 Å². The van der Waals surface area contributed by atoms with Gasteiger partial charge < -0.3 is 0 Å². The molecule has 34 heavy (non-hydrogen) atoms. The van der Waals surface area contributed by atoms with Crippen LogP contribution in [-0.2, 0) is 12.4 Å². The van der Waals surface area contributed by atoms with Crippen molar-refractivity contribution in [1.82, 2.24) is 5.43 Å². The van der Waals surface area contributed by atoms with Crippen LogP contribution in [0, 0.1) is 0 Å². The molecule has 0 fully saturated rings. The molecule has 0 spiro atoms. The molecule has 0 radical (unpaired) electrons. The molecule has 0 heterocycles. The number of nitrogens with zero attached hydrogens (tertiary/aromatic N) is 2. The highest BCUT2D eigenvalue weighted by atomic mass is 19.4. The number of rotatable bonds is 6. The fourth-order valence-electron chi connectivity index (χ4n) is 2.70. The molecule has 0 saturated heterocycles. The summed E-state index contributed by atoms with van der Waals surface area (Å²) in [5.74, 6) is -0.595. The van der Waals surface area contributed by atoms with E-state index in [2.05, 4.69) is 21.1 Å². The van der Waals surface area contributed by atoms with Crippen LogP contribution in [0.2, 0.25) is 0 Å². The fourth-order valence-corrected chi connectivity index (χ4v) is 2.70. The highest BCUT2D eigenvalue weighted by molar-refractivity contribution is 5.95. The quantitative estimate of drug-likeness (QED) is 0.262. The van der Waals surface area contributed by atoms with Crippen molar-refractivity contribution in [1.29, 1.82) is 0 Å². The molecule has 5 nitrogen and oxygen atoms in total. The van der Waals surface area contributed by atoms with Crippen LogP contribution in [0.3, 0.4) is 0 Å². The first-order chi connectivity index (χ1) is 16.0. The number of carbonyl (C=O) groups excluding carboxylic acids is 1. The van der Waals surface area contributed by atoms with Gasteiger partial charge in [-0.2, -0.15) is 36.5 Å². The summed E-state index contributed by atoms with van der Waals surface area (Å²) in [5.41, 5.74) is 4.32. The smallest absolute Gasteiger partial charge is 0.279 e. The second kappa shape index (κ2) is 10.2. The van der Waals surface area contributed by atoms with E-state index in [1.807, 2.05) is 0 Å². The Balaban J connectivity index is 1.56. The number of hydrogen-bond donors (Lipinski definition) is 2. The summed E-state index contributed by atoms with van der Waals surface area (Å²) in [6.07, 6.45) is -6.63. The van der Waals surface area contributed by atoms with E-state index in [0.29, 0.717) is 5.69 Å². The summed E-state index contributed by atoms with van der Waals surface area (Å²) in [6, 6.07) is 15.0. The molecule has 0 aliphatic rings. The molecule has 3 aromatic rings. The minimum Gasteiger partial charge on any atom is -0.279 e. The van der Waals surface area contributed by atoms with Crippen LogP contribution < -0.4 is 10.9 Å². The maximum atomic E-state index is 12.7. The van der Waals surface area contributed by atoms with E-state index in [-0.39, 0.29) is 16.7 Å². The molecule has 0 aliphatic carbocycles. The van der Waals surface area contributed by atoms with Crippen molar-refractivity contribution in [2.75, 3.05) is 5.43 Å². The highest BCUT2D eigenvalue weighted by Gasteiger charge is 2.30. The predicted molar refractivity (Wildman–Crippen MR) is 116 cm³/mol. The standard InChI is InChI=1S/C23H16F6N4O/c24-22(25,26)18-5-1-3-15(11-18)13-30-32-20-9-7-17(8-10-20)21(34)33-31-14-16-4-2-6-19(12-16)23(27,28)29/h1-14,32H,(H,33,34)/b30-13+,31-14+. The van der Waals surface area contributed by atoms with Gasteiger partial charge in [-0.25, -0.2) is 5.43 Å². The lowest BCUT2D eigenvalue weighted by Crippen LogP contribution is -2.17. The van der Waals surface area contributed by atoms with Crippen LogP contribution in [-0.4, -0.2) is 18.3 Å². The molecule has 0 aromatic heterocycles. The Kier molecular flexibility index (Phi) is 7.34. The summed E-state index contributed by atoms with van der Waals surface area (Å²) in [6.45, 7) is 0. The number of carbonyl (C=O) groups is 1. The van der Waals surface area contributed by atoms with E-state index < -0.39 is 29.4 Å². The largest absolute Gasteiger partial charge is 0.416 e. The first-order valence-electron chi connectivity index (χ1n) is 9.59. The number of benzene rings is 3. The lowest BCUT2D eigenvalue weighted by Gasteiger charge is -2.07. The SMILES string of the molecule is O=C(N/N=C/c1cccc(C(F)(F)F)c1)c1ccc(N/N=C/c2cccc(C(F)(F)F)c2)cc1. The molecule has 3 aromatic carbocycles. The monoisotopic (exact) mass is 478 g/mol. The highest BCUT2D eigenvalue weighted by Crippen LogP contribution is 2.30. The molecule has 2 N–H and O–H groups in total. The zero-order chi connectivity index (χ0) is 24.8. The minimum atomic E-state index is -4.49. The van der Waals surface area contributed by atoms with Gasteiger partial charge in [0.2, 0.25) is 0 Å². The summed E-state index contributed by atoms with van der Waals surface area (Å²) in [5, 5.41) is 7.53. The van der Waals surface area contributed by atoms with Crippen LogP contribution >= 0.6 is 0 Å². The van der Waals surface area contributed by atoms with E-state index in [4.69, 9.17) is 0 Å². The van der Waals surface area contributed by atoms with Crippen molar-refractivity contribution in [3.05, 3.63) is 101 Å². The van der Waals surface area contributed by atoms with Crippen molar-refractivity contribution in [3.63, 3.8) is 0 Å². The van der Waals surface area contributed by atoms with Crippen LogP contribution in [0.15, 0.2) is 83.0 Å². The second-order valence-corrected chi connectivity index (χ2v) is 6.89. The Morgan fingerprint density at radius 2 is 1.21 bits per heavy atom. The molecule has 3 rings (SSSR count). The van der Waals surface area contributed by atoms with Gasteiger partial charge in [-0.1, -0.05) is 24.3 Å². The number of anilines is 1. The lowest BCUT2D eigenvalue weighted by molar-refractivity contribution is -0.138. The number of halogens is 6. The Bertz CT molecular complexity index is 1200. The van der Waals surface area contributed by atoms with Gasteiger partial charge in [-0.05, 0) is 59.7 Å². The molecule has 11 heteroatoms. The van der Waals surface area contributed by atoms with Gasteiger partial charge in [0, 0.05) is 5.56 Å². The van der Waals surface area contributed by atoms with Gasteiger partial charge in [0.15, 0.2) is 0 Å². The Hall–Kier alpha value is -4.15. The average molecular weight is 478 g/mol. The maximum Gasteiger partial charge on any atom is 0.416 e. The predicted octanol–water partition coefficient (Wildman–Crippen LogP) is 5.93. The van der Waals surface area contributed by atoms with Gasteiger partial charge >= 0.3 is 12.4 Å². The van der Waals surface area contributed by atoms with Crippen LogP contribution in [0.5, 0.6) is 0 Å². The molecule has 0 atom stereocenters. The van der Waals surface area contributed by atoms with Crippen molar-refractivity contribution in [2.45, 2.75) is 12.4 Å². The lowest BCUT2D eigenvalue weighted by atomic mass is 10.1. The molecule has 0 aliphatic heterocycles. The van der Waals surface area contributed by atoms with Crippen LogP contribution in [0.25, 0.3) is 0 Å². The number of nitrogens with one attached hydrogen (secondary N) is 2. The number of hydrazone groups is 2. The third-order valence-electron chi connectivity index (χ3n) is 4.36. The van der Waals surface area contributed by atoms with E-state index in [0.717, 1.165) is 30.5 Å². The van der Waals surface area contributed by atoms with Crippen LogP contribution in [0.4, 0.5) is 32.0 Å². The first kappa shape index (κ1) is 24.5. The second-order valence-electron chi connectivity index (χ2n) is 6.89. The average Bonchev–Trinajstić information content (AvgIpc) is 2.79. The summed E-state index contributed by atoms with van der Waals surface area (Å²) in [7, 11) is 0. The summed E-state index contributed by atoms with van der Waals surface area (Å²) in [4.78, 5) is 12.1. The first-order valence-corrected chi connectivity index (χ1v) is 9.59. The Morgan fingerprint density at radius 3 is 1.71 bits per heavy atom. The third kappa shape index (κ3) is 6.92. The van der Waals surface area contributed by atoms with E-state index in [1.54, 1.807) is 0 Å². The number of amides is 1. The number of alkyl halides is 6. The Morgan fingerprint density at radius 1 is 0.706 bits per heavy atom. The Labute approximate surface area is 189 Å². The molecule has 0 saturated carbocycles. The normalized spacial score (nSPS) is 12.3. The van der Waals surface area contributed by atoms with Crippen molar-refractivity contribution in [3.8, 4) is 0 Å². The van der Waals surface area contributed by atoms with Gasteiger partial charge in [0.1, 0.15) is 0 Å². The van der Waals surface area contributed by atoms with E-state index >= 15 is 0 Å². The molecular weight excluding hydrogens is 462 g/mol. The minimum absolute atomic E-state index is 0.160. The van der Waals surface area contributed by atoms with Crippen molar-refractivity contribution >= 4 is 24.0 Å². The molecule has 0 unspecified atom stereocenters. The summed E-state index contributed by atoms with van der Waals surface area (Å²) < 4.78 is 76.4. The molecule has 0 bridgehead atoms. The molecule has 176 valence electrons. The van der Waals surface area contributed by atoms with E-state index in [9.17, 15) is 31.1 Å². The third-order valence-corrected chi connectivity index (χ3v) is 4.36. The van der Waals surface area contributed by atoms with Gasteiger partial charge in [0.05, 0.1) is 29.2 Å². The molecular formula is C23H16F6N4O. The van der Waals surface area contributed by atoms with Crippen LogP contribution in [0.1, 0.15) is 32.6 Å². The van der Waals surface area contributed by atoms with Gasteiger partial charge in [0.25, 0.3) is 5.91 Å². The van der Waals surface area contributed by atoms with Crippen molar-refractivity contribution in [2.24, 2.45) is 10.2 Å². The molecule has 1 amide bonds. The van der Waals surface area contributed by atoms with Gasteiger partial charge in [-0.3, -0.25) is 10.2 Å². The zero-order valence-corrected chi connectivity index (χ0v) is 17.2.